The van der Waals surface area contributed by atoms with E-state index in [1.54, 1.807) is 0 Å². The highest BCUT2D eigenvalue weighted by Crippen LogP contribution is 2.20. The number of ether oxygens (including phenoxy) is 2. The molecule has 0 spiro atoms. The Morgan fingerprint density at radius 2 is 2.07 bits per heavy atom. The Labute approximate surface area is 84.8 Å². The topological polar surface area (TPSA) is 58.9 Å². The molecule has 0 radical (unpaired) electrons. The van der Waals surface area contributed by atoms with Gasteiger partial charge in [0.1, 0.15) is 0 Å². The lowest BCUT2D eigenvalue weighted by molar-refractivity contribution is -0.218. The zero-order chi connectivity index (χ0) is 10.6. The maximum absolute atomic E-state index is 9.81. The summed E-state index contributed by atoms with van der Waals surface area (Å²) in [5.41, 5.74) is 0. The Morgan fingerprint density at radius 1 is 1.43 bits per heavy atom. The highest BCUT2D eigenvalue weighted by Gasteiger charge is 2.28. The maximum Gasteiger partial charge on any atom is 0.165 e. The molecule has 1 aliphatic rings. The van der Waals surface area contributed by atoms with Crippen LogP contribution in [0, 0.1) is 0 Å². The van der Waals surface area contributed by atoms with Gasteiger partial charge in [0.2, 0.25) is 0 Å². The van der Waals surface area contributed by atoms with Gasteiger partial charge in [0.25, 0.3) is 0 Å². The Balaban J connectivity index is 2.25. The number of hydrogen-bond donors (Lipinski definition) is 2. The third-order valence-corrected chi connectivity index (χ3v) is 2.70. The van der Waals surface area contributed by atoms with E-state index in [1.165, 1.54) is 0 Å². The van der Waals surface area contributed by atoms with Crippen molar-refractivity contribution >= 4 is 0 Å². The lowest BCUT2D eigenvalue weighted by Crippen LogP contribution is -2.33. The molecule has 0 unspecified atom stereocenters. The van der Waals surface area contributed by atoms with Crippen LogP contribution in [0.1, 0.15) is 33.1 Å². The van der Waals surface area contributed by atoms with Gasteiger partial charge in [0.15, 0.2) is 5.79 Å². The zero-order valence-corrected chi connectivity index (χ0v) is 8.90. The molecule has 14 heavy (non-hydrogen) atoms. The summed E-state index contributed by atoms with van der Waals surface area (Å²) in [5.74, 6) is -1.03. The molecular weight excluding hydrogens is 184 g/mol. The summed E-state index contributed by atoms with van der Waals surface area (Å²) in [6.45, 7) is 4.50. The predicted octanol–water partition coefficient (Wildman–Crippen LogP) is 0.661. The molecule has 2 atom stereocenters. The number of rotatable bonds is 5. The Morgan fingerprint density at radius 3 is 2.50 bits per heavy atom. The maximum atomic E-state index is 9.81. The van der Waals surface area contributed by atoms with Crippen molar-refractivity contribution in [1.82, 2.24) is 0 Å². The van der Waals surface area contributed by atoms with Crippen molar-refractivity contribution in [3.63, 3.8) is 0 Å². The first kappa shape index (κ1) is 11.9. The van der Waals surface area contributed by atoms with Crippen LogP contribution in [0.2, 0.25) is 0 Å². The molecule has 1 fully saturated rings. The summed E-state index contributed by atoms with van der Waals surface area (Å²) >= 11 is 0. The van der Waals surface area contributed by atoms with E-state index in [-0.39, 0.29) is 12.2 Å². The van der Waals surface area contributed by atoms with Gasteiger partial charge < -0.3 is 19.7 Å². The molecule has 84 valence electrons. The van der Waals surface area contributed by atoms with Crippen molar-refractivity contribution in [1.29, 1.82) is 0 Å². The molecule has 0 aromatic heterocycles. The fourth-order valence-corrected chi connectivity index (χ4v) is 1.51. The van der Waals surface area contributed by atoms with E-state index in [4.69, 9.17) is 9.47 Å². The van der Waals surface area contributed by atoms with Crippen LogP contribution >= 0.6 is 0 Å². The van der Waals surface area contributed by atoms with Crippen LogP contribution < -0.4 is 0 Å². The second-order valence-corrected chi connectivity index (χ2v) is 3.81. The smallest absolute Gasteiger partial charge is 0.165 e. The van der Waals surface area contributed by atoms with Gasteiger partial charge in [-0.15, -0.1) is 0 Å². The van der Waals surface area contributed by atoms with E-state index in [0.717, 1.165) is 0 Å². The molecule has 4 nitrogen and oxygen atoms in total. The molecule has 1 aliphatic heterocycles. The van der Waals surface area contributed by atoms with Crippen molar-refractivity contribution in [3.8, 4) is 0 Å². The van der Waals surface area contributed by atoms with E-state index < -0.39 is 5.79 Å². The second-order valence-electron chi connectivity index (χ2n) is 3.81. The average molecular weight is 204 g/mol. The normalized spacial score (nSPS) is 28.3. The van der Waals surface area contributed by atoms with Crippen LogP contribution in [0.5, 0.6) is 0 Å². The van der Waals surface area contributed by atoms with Crippen LogP contribution in [0.4, 0.5) is 0 Å². The molecule has 0 saturated carbocycles. The van der Waals surface area contributed by atoms with Crippen molar-refractivity contribution in [2.75, 3.05) is 13.2 Å². The van der Waals surface area contributed by atoms with Gasteiger partial charge in [0.05, 0.1) is 25.4 Å². The first-order chi connectivity index (χ1) is 6.59. The molecule has 1 rings (SSSR count). The van der Waals surface area contributed by atoms with Crippen molar-refractivity contribution in [2.45, 2.75) is 51.1 Å². The van der Waals surface area contributed by atoms with E-state index in [2.05, 4.69) is 0 Å². The summed E-state index contributed by atoms with van der Waals surface area (Å²) in [7, 11) is 0. The number of aliphatic hydroxyl groups excluding tert-OH is 1. The largest absolute Gasteiger partial charge is 0.391 e. The number of hydrogen-bond acceptors (Lipinski definition) is 4. The second kappa shape index (κ2) is 5.07. The highest BCUT2D eigenvalue weighted by molar-refractivity contribution is 4.73. The zero-order valence-electron chi connectivity index (χ0n) is 8.90. The summed E-state index contributed by atoms with van der Waals surface area (Å²) in [6.07, 6.45) is 1.29. The van der Waals surface area contributed by atoms with Gasteiger partial charge in [0, 0.05) is 6.42 Å². The summed E-state index contributed by atoms with van der Waals surface area (Å²) in [4.78, 5) is 0. The third kappa shape index (κ3) is 3.20. The molecule has 0 aromatic carbocycles. The molecule has 2 N–H and O–H groups in total. The SMILES string of the molecule is CCC(O)(CC)OC[C@H]1C[C@H](O)CO1. The minimum atomic E-state index is -1.03. The van der Waals surface area contributed by atoms with Gasteiger partial charge in [-0.2, -0.15) is 0 Å². The van der Waals surface area contributed by atoms with Crippen LogP contribution in [0.25, 0.3) is 0 Å². The van der Waals surface area contributed by atoms with Gasteiger partial charge in [-0.25, -0.2) is 0 Å². The van der Waals surface area contributed by atoms with Gasteiger partial charge in [-0.1, -0.05) is 13.8 Å². The van der Waals surface area contributed by atoms with Crippen molar-refractivity contribution in [3.05, 3.63) is 0 Å². The quantitative estimate of drug-likeness (QED) is 0.646. The standard InChI is InChI=1S/C10H20O4/c1-3-10(12,4-2)14-7-9-5-8(11)6-13-9/h8-9,11-12H,3-7H2,1-2H3/t8-,9+/m0/s1. The molecule has 0 bridgehead atoms. The minimum Gasteiger partial charge on any atom is -0.391 e. The summed E-state index contributed by atoms with van der Waals surface area (Å²) < 4.78 is 10.6. The Hall–Kier alpha value is -0.160. The summed E-state index contributed by atoms with van der Waals surface area (Å²) in [6, 6.07) is 0. The number of aliphatic hydroxyl groups is 2. The monoisotopic (exact) mass is 204 g/mol. The average Bonchev–Trinajstić information content (AvgIpc) is 2.61. The predicted molar refractivity (Wildman–Crippen MR) is 51.8 cm³/mol. The van der Waals surface area contributed by atoms with Gasteiger partial charge in [-0.3, -0.25) is 0 Å². The Bertz CT molecular complexity index is 168. The van der Waals surface area contributed by atoms with Crippen LogP contribution in [-0.2, 0) is 9.47 Å². The van der Waals surface area contributed by atoms with E-state index in [0.29, 0.717) is 32.5 Å². The van der Waals surface area contributed by atoms with E-state index in [9.17, 15) is 10.2 Å². The first-order valence-electron chi connectivity index (χ1n) is 5.25. The Kier molecular flexibility index (Phi) is 4.31. The van der Waals surface area contributed by atoms with E-state index >= 15 is 0 Å². The first-order valence-corrected chi connectivity index (χ1v) is 5.25. The van der Waals surface area contributed by atoms with Gasteiger partial charge >= 0.3 is 0 Å². The molecule has 0 aromatic rings. The van der Waals surface area contributed by atoms with Gasteiger partial charge in [-0.05, 0) is 12.8 Å². The lowest BCUT2D eigenvalue weighted by atomic mass is 10.1. The van der Waals surface area contributed by atoms with Crippen LogP contribution in [0.3, 0.4) is 0 Å². The van der Waals surface area contributed by atoms with Crippen molar-refractivity contribution in [2.24, 2.45) is 0 Å². The van der Waals surface area contributed by atoms with Crippen molar-refractivity contribution < 1.29 is 19.7 Å². The fraction of sp³-hybridized carbons (Fsp3) is 1.00. The fourth-order valence-electron chi connectivity index (χ4n) is 1.51. The molecule has 0 amide bonds. The molecule has 1 saturated heterocycles. The highest BCUT2D eigenvalue weighted by atomic mass is 16.6. The third-order valence-electron chi connectivity index (χ3n) is 2.70. The summed E-state index contributed by atoms with van der Waals surface area (Å²) in [5, 5.41) is 19.0. The molecule has 1 heterocycles. The minimum absolute atomic E-state index is 0.0744. The van der Waals surface area contributed by atoms with Crippen LogP contribution in [0.15, 0.2) is 0 Å². The molecular formula is C10H20O4. The molecule has 4 heteroatoms. The molecule has 0 aliphatic carbocycles. The van der Waals surface area contributed by atoms with E-state index in [1.807, 2.05) is 13.8 Å². The lowest BCUT2D eigenvalue weighted by Gasteiger charge is -2.26. The van der Waals surface area contributed by atoms with Crippen LogP contribution in [-0.4, -0.2) is 41.4 Å².